The van der Waals surface area contributed by atoms with Crippen LogP contribution >= 0.6 is 0 Å². The van der Waals surface area contributed by atoms with E-state index in [0.29, 0.717) is 39.9 Å². The van der Waals surface area contributed by atoms with Crippen LogP contribution in [0.1, 0.15) is 110 Å². The van der Waals surface area contributed by atoms with Gasteiger partial charge in [0.05, 0.1) is 62.3 Å². The van der Waals surface area contributed by atoms with Gasteiger partial charge in [0.25, 0.3) is 6.33 Å². The fourth-order valence-electron chi connectivity index (χ4n) is 10.9. The van der Waals surface area contributed by atoms with Crippen molar-refractivity contribution in [2.45, 2.75) is 86.0 Å². The SMILES string of the molecule is [2H]c1c([2H])c([2H])c(-c2cccc(-c3cc(C(C)(C)C)cc(C(C)(C)C)c3)c2-[n+]2[c-]n(-c3cccc(Oc4ccc5c6cc(-n7c8c([2H])c([2H])c([2H])c([2H])c8c8c([2H])c([2H])c([2H])c([2H])c87)ccc6n(-c6cc(C(C)C(C)(C)C)ccn6)c5c4)c3)c3ccccc32)c([2H])c1[2H]. The second kappa shape index (κ2) is 19.1. The van der Waals surface area contributed by atoms with E-state index < -0.39 is 54.4 Å². The summed E-state index contributed by atoms with van der Waals surface area (Å²) < 4.78 is 130. The maximum absolute atomic E-state index is 9.30. The van der Waals surface area contributed by atoms with Crippen LogP contribution in [0.4, 0.5) is 0 Å². The molecule has 9 aromatic carbocycles. The highest BCUT2D eigenvalue weighted by Crippen LogP contribution is 2.42. The van der Waals surface area contributed by atoms with Gasteiger partial charge in [0.1, 0.15) is 17.3 Å². The molecule has 394 valence electrons. The summed E-state index contributed by atoms with van der Waals surface area (Å²) in [6.07, 6.45) is 5.49. The first-order valence-corrected chi connectivity index (χ1v) is 27.0. The van der Waals surface area contributed by atoms with Crippen molar-refractivity contribution in [1.82, 2.24) is 18.7 Å². The fourth-order valence-corrected chi connectivity index (χ4v) is 10.9. The first-order chi connectivity index (χ1) is 43.9. The third-order valence-corrected chi connectivity index (χ3v) is 15.7. The van der Waals surface area contributed by atoms with Gasteiger partial charge in [-0.15, -0.1) is 0 Å². The summed E-state index contributed by atoms with van der Waals surface area (Å²) in [7, 11) is 0. The van der Waals surface area contributed by atoms with E-state index in [1.165, 1.54) is 4.57 Å². The Morgan fingerprint density at radius 1 is 0.500 bits per heavy atom. The zero-order valence-corrected chi connectivity index (χ0v) is 46.5. The van der Waals surface area contributed by atoms with Crippen molar-refractivity contribution in [3.63, 3.8) is 0 Å². The molecule has 0 N–H and O–H groups in total. The van der Waals surface area contributed by atoms with Gasteiger partial charge in [0.2, 0.25) is 0 Å². The van der Waals surface area contributed by atoms with Crippen molar-refractivity contribution in [3.05, 3.63) is 241 Å². The first-order valence-electron chi connectivity index (χ1n) is 33.5. The van der Waals surface area contributed by atoms with Gasteiger partial charge in [-0.25, -0.2) is 4.98 Å². The Morgan fingerprint density at radius 3 is 1.85 bits per heavy atom. The molecule has 0 saturated heterocycles. The Kier molecular flexibility index (Phi) is 9.03. The first kappa shape index (κ1) is 37.7. The lowest BCUT2D eigenvalue weighted by atomic mass is 9.78. The van der Waals surface area contributed by atoms with E-state index in [0.717, 1.165) is 60.7 Å². The van der Waals surface area contributed by atoms with E-state index in [9.17, 15) is 5.48 Å². The highest BCUT2D eigenvalue weighted by molar-refractivity contribution is 6.12. The lowest BCUT2D eigenvalue weighted by Crippen LogP contribution is -2.31. The van der Waals surface area contributed by atoms with E-state index in [4.69, 9.17) is 22.1 Å². The van der Waals surface area contributed by atoms with E-state index in [2.05, 4.69) is 104 Å². The van der Waals surface area contributed by atoms with Crippen LogP contribution in [0.25, 0.3) is 99.8 Å². The van der Waals surface area contributed by atoms with Crippen LogP contribution in [0.5, 0.6) is 11.5 Å². The van der Waals surface area contributed by atoms with Crippen molar-refractivity contribution < 1.29 is 27.1 Å². The molecule has 0 aliphatic carbocycles. The molecule has 0 bridgehead atoms. The largest absolute Gasteiger partial charge is 0.458 e. The summed E-state index contributed by atoms with van der Waals surface area (Å²) in [4.78, 5) is 4.98. The van der Waals surface area contributed by atoms with Crippen LogP contribution in [0.2, 0.25) is 0 Å². The Balaban J connectivity index is 0.990. The molecular formula is C74H67N5O. The Morgan fingerprint density at radius 2 is 1.15 bits per heavy atom. The predicted octanol–water partition coefficient (Wildman–Crippen LogP) is 19.2. The number of hydrogen-bond donors (Lipinski definition) is 0. The van der Waals surface area contributed by atoms with Gasteiger partial charge >= 0.3 is 0 Å². The van der Waals surface area contributed by atoms with Gasteiger partial charge in [0.15, 0.2) is 0 Å². The summed E-state index contributed by atoms with van der Waals surface area (Å²) in [5, 5.41) is 1.48. The third kappa shape index (κ3) is 8.84. The zero-order valence-electron chi connectivity index (χ0n) is 59.5. The lowest BCUT2D eigenvalue weighted by Gasteiger charge is -2.27. The van der Waals surface area contributed by atoms with Crippen molar-refractivity contribution >= 4 is 54.6 Å². The molecule has 1 atom stereocenters. The average Bonchev–Trinajstić information content (AvgIpc) is 1.57. The minimum absolute atomic E-state index is 0.00786. The van der Waals surface area contributed by atoms with Gasteiger partial charge in [-0.2, -0.15) is 0 Å². The number of pyridine rings is 1. The van der Waals surface area contributed by atoms with Crippen molar-refractivity contribution in [2.75, 3.05) is 0 Å². The van der Waals surface area contributed by atoms with Crippen LogP contribution in [0, 0.1) is 11.7 Å². The fraction of sp³-hybridized carbons (Fsp3) is 0.189. The number of fused-ring (bicyclic) bond motifs is 7. The van der Waals surface area contributed by atoms with E-state index in [1.807, 2.05) is 112 Å². The van der Waals surface area contributed by atoms with Crippen LogP contribution in [-0.2, 0) is 10.8 Å². The molecule has 0 aliphatic rings. The van der Waals surface area contributed by atoms with Crippen molar-refractivity contribution in [3.8, 4) is 56.6 Å². The standard InChI is InChI=1S/C74H67N5O/c1-48(72(2,3)4)50-38-39-75-70(42-50)79-66-37-34-55(78-64-30-16-14-26-60(64)61-27-15-17-31-65(61)78)45-63(66)62-36-35-57(46-69(62)79)80-56-25-20-24-54(44-56)76-47-77(68-33-19-18-32-67(68)76)71-58(49-22-12-11-13-23-49)28-21-29-59(71)51-40-52(73(5,6)7)43-53(41-51)74(8,9)10/h11-46,48H,1-10H3/i11D,12D,13D,14D,15D,16D,17D,22D,23D,26D,27D,30D,31D. The highest BCUT2D eigenvalue weighted by atomic mass is 16.5. The third-order valence-electron chi connectivity index (χ3n) is 15.7. The predicted molar refractivity (Wildman–Crippen MR) is 333 cm³/mol. The van der Waals surface area contributed by atoms with Crippen LogP contribution in [0.3, 0.4) is 0 Å². The molecule has 6 nitrogen and oxygen atoms in total. The number of benzene rings is 9. The Bertz CT molecular complexity index is 5190. The Labute approximate surface area is 488 Å². The number of para-hydroxylation sites is 5. The zero-order chi connectivity index (χ0) is 66.6. The maximum Gasteiger partial charge on any atom is 0.269 e. The molecule has 4 aromatic heterocycles. The quantitative estimate of drug-likeness (QED) is 0.107. The molecule has 1 unspecified atom stereocenters. The molecule has 0 amide bonds. The van der Waals surface area contributed by atoms with Crippen LogP contribution < -0.4 is 9.30 Å². The number of hydrogen-bond acceptors (Lipinski definition) is 2. The molecule has 0 radical (unpaired) electrons. The minimum Gasteiger partial charge on any atom is -0.458 e. The van der Waals surface area contributed by atoms with Crippen molar-refractivity contribution in [2.24, 2.45) is 5.41 Å². The summed E-state index contributed by atoms with van der Waals surface area (Å²) in [6.45, 7) is 21.9. The summed E-state index contributed by atoms with van der Waals surface area (Å²) >= 11 is 0. The van der Waals surface area contributed by atoms with E-state index in [-0.39, 0.29) is 73.7 Å². The normalized spacial score (nSPS) is 15.1. The topological polar surface area (TPSA) is 40.8 Å². The molecule has 0 fully saturated rings. The number of rotatable bonds is 9. The maximum atomic E-state index is 9.30. The number of imidazole rings is 1. The monoisotopic (exact) mass is 1050 g/mol. The molecule has 0 aliphatic heterocycles. The number of aromatic nitrogens is 5. The molecule has 6 heteroatoms. The van der Waals surface area contributed by atoms with E-state index >= 15 is 0 Å². The summed E-state index contributed by atoms with van der Waals surface area (Å²) in [5.41, 5.74) is 9.56. The molecule has 0 spiro atoms. The van der Waals surface area contributed by atoms with Gasteiger partial charge in [-0.05, 0) is 134 Å². The molecule has 4 heterocycles. The highest BCUT2D eigenvalue weighted by Gasteiger charge is 2.27. The van der Waals surface area contributed by atoms with Crippen LogP contribution in [-0.4, -0.2) is 18.7 Å². The van der Waals surface area contributed by atoms with Crippen LogP contribution in [0.15, 0.2) is 218 Å². The van der Waals surface area contributed by atoms with Crippen molar-refractivity contribution in [1.29, 1.82) is 0 Å². The van der Waals surface area contributed by atoms with Gasteiger partial charge in [-0.3, -0.25) is 13.7 Å². The summed E-state index contributed by atoms with van der Waals surface area (Å²) in [6, 6.07) is 37.6. The Hall–Kier alpha value is -9.00. The lowest BCUT2D eigenvalue weighted by molar-refractivity contribution is -0.571. The second-order valence-electron chi connectivity index (χ2n) is 23.9. The molecule has 0 saturated carbocycles. The summed E-state index contributed by atoms with van der Waals surface area (Å²) in [5.74, 6) is 1.74. The molecule has 13 rings (SSSR count). The number of nitrogens with zero attached hydrogens (tertiary/aromatic N) is 5. The molecular weight excluding hydrogens is 975 g/mol. The second-order valence-corrected chi connectivity index (χ2v) is 23.9. The molecule has 13 aromatic rings. The minimum atomic E-state index is -0.515. The van der Waals surface area contributed by atoms with E-state index in [1.54, 1.807) is 12.3 Å². The van der Waals surface area contributed by atoms with Gasteiger partial charge < -0.3 is 9.30 Å². The molecule has 80 heavy (non-hydrogen) atoms. The van der Waals surface area contributed by atoms with Gasteiger partial charge in [0, 0.05) is 39.5 Å². The number of ether oxygens (including phenoxy) is 1. The average molecular weight is 1060 g/mol. The smallest absolute Gasteiger partial charge is 0.269 e. The van der Waals surface area contributed by atoms with Gasteiger partial charge in [-0.1, -0.05) is 202 Å².